The fourth-order valence-corrected chi connectivity index (χ4v) is 7.37. The maximum absolute atomic E-state index is 14.5. The number of nitrogens with two attached hydrogens (primary N) is 4. The highest BCUT2D eigenvalue weighted by Crippen LogP contribution is 2.40. The van der Waals surface area contributed by atoms with Crippen molar-refractivity contribution in [2.24, 2.45) is 22.9 Å². The number of ether oxygens (including phenoxy) is 3. The highest BCUT2D eigenvalue weighted by molar-refractivity contribution is 6.34. The van der Waals surface area contributed by atoms with Crippen LogP contribution in [0.25, 0.3) is 11.1 Å². The van der Waals surface area contributed by atoms with Crippen LogP contribution in [0.3, 0.4) is 0 Å². The number of fused-ring (bicyclic) bond motifs is 5. The van der Waals surface area contributed by atoms with Crippen molar-refractivity contribution in [1.29, 1.82) is 0 Å². The number of hydrogen-bond donors (Lipinski definition) is 7. The Labute approximate surface area is 372 Å². The highest BCUT2D eigenvalue weighted by atomic mass is 35.5. The average Bonchev–Trinajstić information content (AvgIpc) is 3.26. The van der Waals surface area contributed by atoms with Gasteiger partial charge in [-0.3, -0.25) is 24.0 Å². The minimum atomic E-state index is -1.39. The zero-order chi connectivity index (χ0) is 45.6. The predicted molar refractivity (Wildman–Crippen MR) is 240 cm³/mol. The molecular formula is C46H57ClN8O8. The van der Waals surface area contributed by atoms with Crippen molar-refractivity contribution in [1.82, 2.24) is 20.9 Å². The zero-order valence-corrected chi connectivity index (χ0v) is 36.5. The van der Waals surface area contributed by atoms with Gasteiger partial charge in [0.25, 0.3) is 5.91 Å². The quantitative estimate of drug-likeness (QED) is 0.0761. The Kier molecular flexibility index (Phi) is 17.3. The molecule has 5 rings (SSSR count). The van der Waals surface area contributed by atoms with Crippen molar-refractivity contribution in [2.45, 2.75) is 70.1 Å². The SMILES string of the molecule is CCCCc1ccc(Oc2ccc(C(=O)N[C@@H](CCN)C(=O)N(C)[C@@H]3C(=O)N[C@@H](C)C(=O)N[C@H](C(N)=O)Cc4ccc(OCCN)c(c4)-c4cc3ccc4OCCN)c(Cl)c2)cc1. The number of unbranched alkanes of at least 4 members (excludes halogenated alkanes) is 1. The number of nitrogens with zero attached hydrogens (tertiary/aromatic N) is 1. The van der Waals surface area contributed by atoms with E-state index >= 15 is 0 Å². The first-order valence-electron chi connectivity index (χ1n) is 20.9. The van der Waals surface area contributed by atoms with E-state index in [2.05, 4.69) is 22.9 Å². The second-order valence-electron chi connectivity index (χ2n) is 15.2. The lowest BCUT2D eigenvalue weighted by Gasteiger charge is -2.32. The lowest BCUT2D eigenvalue weighted by Crippen LogP contribution is -2.55. The largest absolute Gasteiger partial charge is 0.492 e. The van der Waals surface area contributed by atoms with E-state index in [0.717, 1.165) is 19.3 Å². The van der Waals surface area contributed by atoms with Crippen LogP contribution < -0.4 is 53.1 Å². The van der Waals surface area contributed by atoms with E-state index in [9.17, 15) is 24.0 Å². The third-order valence-electron chi connectivity index (χ3n) is 10.5. The van der Waals surface area contributed by atoms with Gasteiger partial charge in [0.2, 0.25) is 23.6 Å². The zero-order valence-electron chi connectivity index (χ0n) is 35.8. The molecule has 0 spiro atoms. The van der Waals surface area contributed by atoms with Gasteiger partial charge in [-0.05, 0) is 98.0 Å². The van der Waals surface area contributed by atoms with E-state index in [4.69, 9.17) is 48.7 Å². The molecule has 0 radical (unpaired) electrons. The summed E-state index contributed by atoms with van der Waals surface area (Å²) in [5.74, 6) is -1.76. The summed E-state index contributed by atoms with van der Waals surface area (Å²) in [4.78, 5) is 70.0. The molecule has 4 aromatic carbocycles. The van der Waals surface area contributed by atoms with E-state index < -0.39 is 53.7 Å². The summed E-state index contributed by atoms with van der Waals surface area (Å²) in [5, 5.41) is 8.16. The highest BCUT2D eigenvalue weighted by Gasteiger charge is 2.36. The molecule has 0 saturated heterocycles. The number of likely N-dealkylation sites (N-methyl/N-ethyl adjacent to an activating group) is 1. The fraction of sp³-hybridized carbons (Fsp3) is 0.370. The van der Waals surface area contributed by atoms with Crippen LogP contribution in [0.5, 0.6) is 23.0 Å². The fourth-order valence-electron chi connectivity index (χ4n) is 7.11. The van der Waals surface area contributed by atoms with Gasteiger partial charge in [0, 0.05) is 43.8 Å². The summed E-state index contributed by atoms with van der Waals surface area (Å²) in [6, 6.07) is 17.6. The maximum Gasteiger partial charge on any atom is 0.253 e. The molecule has 63 heavy (non-hydrogen) atoms. The topological polar surface area (TPSA) is 256 Å². The molecule has 17 heteroatoms. The molecule has 0 aliphatic carbocycles. The monoisotopic (exact) mass is 884 g/mol. The first-order chi connectivity index (χ1) is 30.3. The average molecular weight is 885 g/mol. The van der Waals surface area contributed by atoms with Crippen molar-refractivity contribution >= 4 is 41.1 Å². The third-order valence-corrected chi connectivity index (χ3v) is 10.8. The Morgan fingerprint density at radius 1 is 0.841 bits per heavy atom. The van der Waals surface area contributed by atoms with E-state index in [0.29, 0.717) is 45.3 Å². The van der Waals surface area contributed by atoms with Crippen LogP contribution in [0.2, 0.25) is 5.02 Å². The molecule has 5 amide bonds. The molecule has 1 aliphatic rings. The third kappa shape index (κ3) is 12.5. The van der Waals surface area contributed by atoms with E-state index in [1.165, 1.54) is 36.6 Å². The van der Waals surface area contributed by atoms with Gasteiger partial charge in [-0.15, -0.1) is 0 Å². The van der Waals surface area contributed by atoms with Gasteiger partial charge >= 0.3 is 0 Å². The van der Waals surface area contributed by atoms with Crippen LogP contribution in [0.15, 0.2) is 78.9 Å². The van der Waals surface area contributed by atoms with Gasteiger partial charge in [0.1, 0.15) is 60.4 Å². The van der Waals surface area contributed by atoms with Crippen molar-refractivity contribution in [2.75, 3.05) is 39.9 Å². The van der Waals surface area contributed by atoms with Crippen LogP contribution in [-0.2, 0) is 32.0 Å². The van der Waals surface area contributed by atoms with Gasteiger partial charge in [0.05, 0.1) is 10.6 Å². The smallest absolute Gasteiger partial charge is 0.253 e. The minimum Gasteiger partial charge on any atom is -0.492 e. The van der Waals surface area contributed by atoms with Gasteiger partial charge < -0.3 is 58.0 Å². The molecule has 0 fully saturated rings. The summed E-state index contributed by atoms with van der Waals surface area (Å²) < 4.78 is 18.1. The normalized spacial score (nSPS) is 16.7. The number of primary amides is 1. The van der Waals surface area contributed by atoms with E-state index in [1.807, 2.05) is 24.3 Å². The van der Waals surface area contributed by atoms with Gasteiger partial charge in [0.15, 0.2) is 0 Å². The molecule has 16 nitrogen and oxygen atoms in total. The first kappa shape index (κ1) is 47.8. The molecule has 11 N–H and O–H groups in total. The van der Waals surface area contributed by atoms with Crippen LogP contribution in [0, 0.1) is 0 Å². The molecule has 0 unspecified atom stereocenters. The summed E-state index contributed by atoms with van der Waals surface area (Å²) in [6.07, 6.45) is 3.18. The molecular weight excluding hydrogens is 828 g/mol. The Morgan fingerprint density at radius 3 is 2.11 bits per heavy atom. The van der Waals surface area contributed by atoms with Crippen LogP contribution in [-0.4, -0.2) is 92.5 Å². The van der Waals surface area contributed by atoms with Crippen molar-refractivity contribution in [3.05, 3.63) is 106 Å². The second-order valence-corrected chi connectivity index (χ2v) is 15.6. The maximum atomic E-state index is 14.5. The number of carbonyl (C=O) groups excluding carboxylic acids is 5. The molecule has 4 bridgehead atoms. The number of benzene rings is 4. The van der Waals surface area contributed by atoms with Crippen LogP contribution >= 0.6 is 11.6 Å². The van der Waals surface area contributed by atoms with Crippen LogP contribution in [0.4, 0.5) is 0 Å². The number of carbonyl (C=O) groups is 5. The number of rotatable bonds is 18. The Balaban J connectivity index is 1.50. The van der Waals surface area contributed by atoms with Crippen LogP contribution in [0.1, 0.15) is 66.2 Å². The molecule has 1 aliphatic heterocycles. The van der Waals surface area contributed by atoms with E-state index in [1.54, 1.807) is 42.5 Å². The standard InChI is InChI=1S/C46H57ClN8O8/c1-4-5-6-28-7-11-31(12-8-28)63-32-13-14-33(36(47)26-32)44(58)53-37(17-18-48)46(60)55(3)41-30-10-16-40(62-22-20-50)35(25-30)34-23-29(9-15-39(34)61-21-19-49)24-38(42(51)56)54-43(57)27(2)52-45(41)59/h7-16,23,25-27,37-38,41H,4-6,17-22,24,48-50H2,1-3H3,(H2,51,56)(H,52,59)(H,53,58)(H,54,57)/t27-,37-,38-,41-/m0/s1. The molecule has 336 valence electrons. The molecule has 4 atom stereocenters. The van der Waals surface area contributed by atoms with Crippen molar-refractivity contribution in [3.63, 3.8) is 0 Å². The number of amides is 5. The molecule has 4 aromatic rings. The van der Waals surface area contributed by atoms with Gasteiger partial charge in [-0.2, -0.15) is 0 Å². The summed E-state index contributed by atoms with van der Waals surface area (Å²) in [5.41, 5.74) is 26.5. The minimum absolute atomic E-state index is 0.00336. The van der Waals surface area contributed by atoms with Gasteiger partial charge in [-0.25, -0.2) is 0 Å². The number of halogens is 1. The number of nitrogens with one attached hydrogen (secondary N) is 3. The first-order valence-corrected chi connectivity index (χ1v) is 21.3. The summed E-state index contributed by atoms with van der Waals surface area (Å²) >= 11 is 6.62. The predicted octanol–water partition coefficient (Wildman–Crippen LogP) is 3.49. The summed E-state index contributed by atoms with van der Waals surface area (Å²) in [6.45, 7) is 4.29. The number of aryl methyl sites for hydroxylation is 1. The number of hydrogen-bond acceptors (Lipinski definition) is 11. The van der Waals surface area contributed by atoms with Crippen molar-refractivity contribution < 1.29 is 38.2 Å². The van der Waals surface area contributed by atoms with E-state index in [-0.39, 0.29) is 56.3 Å². The Bertz CT molecular complexity index is 2260. The summed E-state index contributed by atoms with van der Waals surface area (Å²) in [7, 11) is 1.41. The van der Waals surface area contributed by atoms with Gasteiger partial charge in [-0.1, -0.05) is 49.2 Å². The Hall–Kier alpha value is -6.20. The van der Waals surface area contributed by atoms with Crippen molar-refractivity contribution in [3.8, 4) is 34.1 Å². The molecule has 0 saturated carbocycles. The lowest BCUT2D eigenvalue weighted by atomic mass is 9.93. The Morgan fingerprint density at radius 2 is 1.49 bits per heavy atom. The second kappa shape index (κ2) is 22.8. The molecule has 0 aromatic heterocycles. The molecule has 1 heterocycles. The lowest BCUT2D eigenvalue weighted by molar-refractivity contribution is -0.141.